The van der Waals surface area contributed by atoms with E-state index in [4.69, 9.17) is 9.97 Å². The van der Waals surface area contributed by atoms with Crippen molar-refractivity contribution in [1.82, 2.24) is 14.5 Å². The van der Waals surface area contributed by atoms with Gasteiger partial charge < -0.3 is 4.57 Å². The Bertz CT molecular complexity index is 3120. The molecule has 8 aromatic carbocycles. The molecule has 0 saturated heterocycles. The molecule has 3 heteroatoms. The molecule has 0 aliphatic heterocycles. The predicted molar refractivity (Wildman–Crippen MR) is 233 cm³/mol. The maximum absolute atomic E-state index is 5.20. The molecule has 0 N–H and O–H groups in total. The summed E-state index contributed by atoms with van der Waals surface area (Å²) < 4.78 is 2.43. The van der Waals surface area contributed by atoms with Gasteiger partial charge in [0, 0.05) is 38.4 Å². The van der Waals surface area contributed by atoms with Gasteiger partial charge in [-0.15, -0.1) is 0 Å². The fraction of sp³-hybridized carbons (Fsp3) is 0.0566. The predicted octanol–water partition coefficient (Wildman–Crippen LogP) is 13.7. The molecule has 264 valence electrons. The SMILES string of the molecule is CC1(C)c2ccccc2-c2c1ccc1c2c2cc(-c3ccc(-c4nc(-c5ccc(-c6ccccc6)cc5)c5ccccc5n4)cc3)ccc2n1-c1ccccc1. The molecule has 2 aromatic heterocycles. The molecule has 56 heavy (non-hydrogen) atoms. The summed E-state index contributed by atoms with van der Waals surface area (Å²) in [5.74, 6) is 0.718. The van der Waals surface area contributed by atoms with E-state index in [2.05, 4.69) is 194 Å². The average Bonchev–Trinajstić information content (AvgIpc) is 3.72. The summed E-state index contributed by atoms with van der Waals surface area (Å²) in [6, 6.07) is 67.6. The highest BCUT2D eigenvalue weighted by atomic mass is 15.0. The van der Waals surface area contributed by atoms with Gasteiger partial charge in [-0.3, -0.25) is 0 Å². The first-order valence-corrected chi connectivity index (χ1v) is 19.3. The van der Waals surface area contributed by atoms with Crippen LogP contribution in [0.1, 0.15) is 25.0 Å². The van der Waals surface area contributed by atoms with Crippen LogP contribution in [-0.2, 0) is 5.41 Å². The molecular weight excluding hydrogens is 679 g/mol. The quantitative estimate of drug-likeness (QED) is 0.178. The van der Waals surface area contributed by atoms with Crippen molar-refractivity contribution in [2.75, 3.05) is 0 Å². The smallest absolute Gasteiger partial charge is 0.160 e. The molecule has 2 heterocycles. The normalized spacial score (nSPS) is 13.0. The maximum Gasteiger partial charge on any atom is 0.160 e. The lowest BCUT2D eigenvalue weighted by Gasteiger charge is -2.21. The fourth-order valence-corrected chi connectivity index (χ4v) is 9.03. The number of aromatic nitrogens is 3. The van der Waals surface area contributed by atoms with Gasteiger partial charge in [-0.2, -0.15) is 0 Å². The molecule has 3 nitrogen and oxygen atoms in total. The largest absolute Gasteiger partial charge is 0.309 e. The van der Waals surface area contributed by atoms with Gasteiger partial charge in [0.1, 0.15) is 0 Å². The average molecular weight is 716 g/mol. The van der Waals surface area contributed by atoms with E-state index in [-0.39, 0.29) is 5.41 Å². The number of fused-ring (bicyclic) bond motifs is 8. The lowest BCUT2D eigenvalue weighted by molar-refractivity contribution is 0.661. The number of hydrogen-bond donors (Lipinski definition) is 0. The first kappa shape index (κ1) is 32.3. The van der Waals surface area contributed by atoms with Crippen molar-refractivity contribution in [2.24, 2.45) is 0 Å². The Morgan fingerprint density at radius 3 is 1.80 bits per heavy atom. The zero-order valence-electron chi connectivity index (χ0n) is 31.2. The molecule has 0 bridgehead atoms. The van der Waals surface area contributed by atoms with Crippen LogP contribution in [0, 0.1) is 0 Å². The van der Waals surface area contributed by atoms with Crippen molar-refractivity contribution >= 4 is 32.7 Å². The van der Waals surface area contributed by atoms with Gasteiger partial charge in [0.2, 0.25) is 0 Å². The fourth-order valence-electron chi connectivity index (χ4n) is 9.03. The number of hydrogen-bond acceptors (Lipinski definition) is 2. The zero-order valence-corrected chi connectivity index (χ0v) is 31.2. The molecular formula is C53H37N3. The third-order valence-electron chi connectivity index (χ3n) is 11.8. The summed E-state index contributed by atoms with van der Waals surface area (Å²) in [7, 11) is 0. The molecule has 1 aliphatic rings. The Hall–Kier alpha value is -7.10. The van der Waals surface area contributed by atoms with Crippen molar-refractivity contribution in [2.45, 2.75) is 19.3 Å². The van der Waals surface area contributed by atoms with E-state index in [1.807, 2.05) is 12.1 Å². The van der Waals surface area contributed by atoms with Crippen molar-refractivity contribution in [3.05, 3.63) is 199 Å². The number of para-hydroxylation sites is 2. The van der Waals surface area contributed by atoms with E-state index in [9.17, 15) is 0 Å². The van der Waals surface area contributed by atoms with E-state index in [0.717, 1.165) is 44.8 Å². The second kappa shape index (κ2) is 12.5. The van der Waals surface area contributed by atoms with Gasteiger partial charge in [-0.1, -0.05) is 166 Å². The van der Waals surface area contributed by atoms with Gasteiger partial charge in [-0.25, -0.2) is 9.97 Å². The lowest BCUT2D eigenvalue weighted by Crippen LogP contribution is -2.14. The summed E-state index contributed by atoms with van der Waals surface area (Å²) >= 11 is 0. The summed E-state index contributed by atoms with van der Waals surface area (Å²) in [5, 5.41) is 3.61. The van der Waals surface area contributed by atoms with Crippen molar-refractivity contribution in [3.8, 4) is 61.7 Å². The number of benzene rings is 8. The number of rotatable bonds is 5. The zero-order chi connectivity index (χ0) is 37.4. The molecule has 0 fully saturated rings. The van der Waals surface area contributed by atoms with Crippen LogP contribution in [0.2, 0.25) is 0 Å². The highest BCUT2D eigenvalue weighted by molar-refractivity contribution is 6.18. The van der Waals surface area contributed by atoms with Crippen LogP contribution >= 0.6 is 0 Å². The van der Waals surface area contributed by atoms with Crippen LogP contribution in [0.4, 0.5) is 0 Å². The van der Waals surface area contributed by atoms with E-state index < -0.39 is 0 Å². The second-order valence-corrected chi connectivity index (χ2v) is 15.4. The van der Waals surface area contributed by atoms with Crippen LogP contribution in [-0.4, -0.2) is 14.5 Å². The monoisotopic (exact) mass is 715 g/mol. The Morgan fingerprint density at radius 1 is 0.429 bits per heavy atom. The Kier molecular flexibility index (Phi) is 7.20. The third kappa shape index (κ3) is 4.98. The van der Waals surface area contributed by atoms with Crippen LogP contribution < -0.4 is 0 Å². The molecule has 0 unspecified atom stereocenters. The van der Waals surface area contributed by atoms with Crippen molar-refractivity contribution < 1.29 is 0 Å². The van der Waals surface area contributed by atoms with Gasteiger partial charge in [0.15, 0.2) is 5.82 Å². The van der Waals surface area contributed by atoms with Crippen LogP contribution in [0.25, 0.3) is 94.4 Å². The molecule has 0 atom stereocenters. The summed E-state index contributed by atoms with van der Waals surface area (Å²) in [6.45, 7) is 4.72. The summed E-state index contributed by atoms with van der Waals surface area (Å²) in [4.78, 5) is 10.3. The summed E-state index contributed by atoms with van der Waals surface area (Å²) in [5.41, 5.74) is 17.6. The summed E-state index contributed by atoms with van der Waals surface area (Å²) in [6.07, 6.45) is 0. The standard InChI is InChI=1S/C53H37N3/c1-53(2)44-19-11-9-17-41(44)49-45(53)30-32-48-50(49)43-33-39(29-31-47(43)56(48)40-15-7-4-8-16-40)36-23-27-38(28-24-36)52-54-46-20-12-10-18-42(46)51(55-52)37-25-21-35(22-26-37)34-13-5-3-6-14-34/h3-33H,1-2H3. The molecule has 10 aromatic rings. The Balaban J connectivity index is 1.03. The Labute approximate surface area is 326 Å². The van der Waals surface area contributed by atoms with Gasteiger partial charge in [0.05, 0.1) is 22.2 Å². The molecule has 1 aliphatic carbocycles. The first-order valence-electron chi connectivity index (χ1n) is 19.3. The highest BCUT2D eigenvalue weighted by Crippen LogP contribution is 2.53. The molecule has 11 rings (SSSR count). The molecule has 0 spiro atoms. The van der Waals surface area contributed by atoms with Gasteiger partial charge in [-0.05, 0) is 80.9 Å². The first-order chi connectivity index (χ1) is 27.5. The van der Waals surface area contributed by atoms with E-state index in [1.165, 1.54) is 60.8 Å². The highest BCUT2D eigenvalue weighted by Gasteiger charge is 2.37. The van der Waals surface area contributed by atoms with Gasteiger partial charge in [0.25, 0.3) is 0 Å². The van der Waals surface area contributed by atoms with E-state index >= 15 is 0 Å². The minimum atomic E-state index is -0.0783. The maximum atomic E-state index is 5.20. The second-order valence-electron chi connectivity index (χ2n) is 15.4. The topological polar surface area (TPSA) is 30.7 Å². The minimum Gasteiger partial charge on any atom is -0.309 e. The van der Waals surface area contributed by atoms with Crippen LogP contribution in [0.3, 0.4) is 0 Å². The van der Waals surface area contributed by atoms with Gasteiger partial charge >= 0.3 is 0 Å². The molecule has 0 saturated carbocycles. The molecule has 0 amide bonds. The minimum absolute atomic E-state index is 0.0783. The van der Waals surface area contributed by atoms with E-state index in [1.54, 1.807) is 0 Å². The van der Waals surface area contributed by atoms with Crippen LogP contribution in [0.15, 0.2) is 188 Å². The van der Waals surface area contributed by atoms with Crippen LogP contribution in [0.5, 0.6) is 0 Å². The molecule has 0 radical (unpaired) electrons. The number of nitrogens with zero attached hydrogens (tertiary/aromatic N) is 3. The van der Waals surface area contributed by atoms with E-state index in [0.29, 0.717) is 0 Å². The third-order valence-corrected chi connectivity index (χ3v) is 11.8. The lowest BCUT2D eigenvalue weighted by atomic mass is 9.82. The Morgan fingerprint density at radius 2 is 1.02 bits per heavy atom. The van der Waals surface area contributed by atoms with Crippen molar-refractivity contribution in [3.63, 3.8) is 0 Å². The van der Waals surface area contributed by atoms with Crippen molar-refractivity contribution in [1.29, 1.82) is 0 Å².